The van der Waals surface area contributed by atoms with E-state index in [0.29, 0.717) is 0 Å². The Morgan fingerprint density at radius 2 is 0.778 bits per heavy atom. The maximum absolute atomic E-state index is 8.09. The van der Waals surface area contributed by atoms with Crippen molar-refractivity contribution in [1.29, 1.82) is 0 Å². The molecule has 0 heterocycles. The summed E-state index contributed by atoms with van der Waals surface area (Å²) < 4.78 is 27.9. The standard InChI is InChI=1S/2C12H18O.4C4H9.O.2Sn/c2*1-4-6-11-10(5-2)9(3)7-8-12(11)13;4*1-3-4-2;;;/h2*7-8,13H,4-6H2,1-3H3;4*1,3-4H2,2H3;;;/q;;;;;;;2*+1/p-2. The Labute approximate surface area is 289 Å². The van der Waals surface area contributed by atoms with Gasteiger partial charge in [0.05, 0.1) is 0 Å². The molecule has 0 bridgehead atoms. The van der Waals surface area contributed by atoms with E-state index in [1.807, 2.05) is 0 Å². The monoisotopic (exact) mass is 838 g/mol. The Bertz CT molecular complexity index is 1030. The third kappa shape index (κ3) is 11.9. The van der Waals surface area contributed by atoms with Crippen LogP contribution in [0.2, 0.25) is 17.7 Å². The van der Waals surface area contributed by atoms with Crippen molar-refractivity contribution in [2.75, 3.05) is 0 Å². The van der Waals surface area contributed by atoms with Crippen molar-refractivity contribution in [1.82, 2.24) is 0 Å². The molecule has 0 amide bonds. The van der Waals surface area contributed by atoms with E-state index in [0.717, 1.165) is 67.8 Å². The molecule has 0 N–H and O–H groups in total. The van der Waals surface area contributed by atoms with Crippen LogP contribution in [0.4, 0.5) is 0 Å². The fourth-order valence-corrected chi connectivity index (χ4v) is 48.9. The molecule has 0 radical (unpaired) electrons. The predicted octanol–water partition coefficient (Wildman–Crippen LogP) is 12.9. The van der Waals surface area contributed by atoms with E-state index in [4.69, 9.17) is 7.56 Å². The molecule has 0 aliphatic heterocycles. The zero-order valence-electron chi connectivity index (χ0n) is 31.3. The van der Waals surface area contributed by atoms with Gasteiger partial charge in [0.1, 0.15) is 0 Å². The molecular weight excluding hydrogens is 766 g/mol. The topological polar surface area (TPSA) is 27.7 Å². The summed E-state index contributed by atoms with van der Waals surface area (Å²) in [6.45, 7) is 23.1. The molecule has 2 rings (SSSR count). The third-order valence-electron chi connectivity index (χ3n) is 9.56. The van der Waals surface area contributed by atoms with Gasteiger partial charge in [0.15, 0.2) is 0 Å². The van der Waals surface area contributed by atoms with Crippen LogP contribution in [-0.2, 0) is 27.1 Å². The van der Waals surface area contributed by atoms with Crippen LogP contribution < -0.4 is 6.15 Å². The summed E-state index contributed by atoms with van der Waals surface area (Å²) >= 11 is -7.44. The van der Waals surface area contributed by atoms with Crippen LogP contribution in [-0.4, -0.2) is 38.4 Å². The van der Waals surface area contributed by atoms with E-state index in [9.17, 15) is 0 Å². The van der Waals surface area contributed by atoms with E-state index >= 15 is 0 Å². The molecule has 0 saturated carbocycles. The van der Waals surface area contributed by atoms with Gasteiger partial charge in [-0.3, -0.25) is 0 Å². The summed E-state index contributed by atoms with van der Waals surface area (Å²) in [4.78, 5) is 0. The fraction of sp³-hybridized carbons (Fsp3) is 0.700. The van der Waals surface area contributed by atoms with E-state index in [1.54, 1.807) is 0 Å². The van der Waals surface area contributed by atoms with Gasteiger partial charge in [0, 0.05) is 0 Å². The first-order valence-electron chi connectivity index (χ1n) is 19.0. The van der Waals surface area contributed by atoms with Gasteiger partial charge in [-0.2, -0.15) is 0 Å². The van der Waals surface area contributed by atoms with Gasteiger partial charge in [-0.05, 0) is 0 Å². The van der Waals surface area contributed by atoms with Crippen molar-refractivity contribution in [3.8, 4) is 11.5 Å². The Morgan fingerprint density at radius 1 is 0.444 bits per heavy atom. The second-order valence-electron chi connectivity index (χ2n) is 13.4. The zero-order chi connectivity index (χ0) is 33.3. The van der Waals surface area contributed by atoms with Crippen molar-refractivity contribution < 1.29 is 7.56 Å². The second-order valence-corrected chi connectivity index (χ2v) is 35.2. The number of hydrogen-bond acceptors (Lipinski definition) is 3. The third-order valence-corrected chi connectivity index (χ3v) is 42.0. The maximum atomic E-state index is 8.09. The predicted molar refractivity (Wildman–Crippen MR) is 202 cm³/mol. The SMILES string of the molecule is CCC[CH2][Sn]([CH2]CCC)([O]c1ccc(C)c(CC)c1CCC)[O][Sn]([CH2]CCC)([CH2]CCC)[O]c1ccc(C)c(CC)c1CCC. The number of aryl methyl sites for hydroxylation is 2. The molecule has 2 aromatic carbocycles. The average Bonchev–Trinajstić information content (AvgIpc) is 3.04. The molecule has 0 fully saturated rings. The summed E-state index contributed by atoms with van der Waals surface area (Å²) in [5.74, 6) is 2.28. The van der Waals surface area contributed by atoms with Crippen molar-refractivity contribution in [2.45, 2.75) is 177 Å². The first-order valence-corrected chi connectivity index (χ1v) is 31.8. The Kier molecular flexibility index (Phi) is 19.5. The molecule has 2 aromatic rings. The van der Waals surface area contributed by atoms with Gasteiger partial charge >= 0.3 is 292 Å². The second kappa shape index (κ2) is 21.5. The van der Waals surface area contributed by atoms with Crippen molar-refractivity contribution >= 4 is 38.4 Å². The van der Waals surface area contributed by atoms with Gasteiger partial charge in [0.2, 0.25) is 0 Å². The van der Waals surface area contributed by atoms with Crippen LogP contribution in [0.3, 0.4) is 0 Å². The van der Waals surface area contributed by atoms with Crippen molar-refractivity contribution in [2.24, 2.45) is 0 Å². The Balaban J connectivity index is 2.81. The van der Waals surface area contributed by atoms with E-state index in [-0.39, 0.29) is 0 Å². The van der Waals surface area contributed by atoms with Gasteiger partial charge in [-0.25, -0.2) is 0 Å². The molecule has 0 aliphatic carbocycles. The van der Waals surface area contributed by atoms with Crippen LogP contribution in [0.1, 0.15) is 153 Å². The first-order chi connectivity index (χ1) is 21.7. The molecule has 0 saturated heterocycles. The van der Waals surface area contributed by atoms with Crippen LogP contribution in [0, 0.1) is 13.8 Å². The first kappa shape index (κ1) is 40.8. The molecule has 0 atom stereocenters. The number of unbranched alkanes of at least 4 members (excludes halogenated alkanes) is 4. The molecule has 5 heteroatoms. The van der Waals surface area contributed by atoms with Crippen molar-refractivity contribution in [3.05, 3.63) is 57.6 Å². The number of hydrogen-bond donors (Lipinski definition) is 0. The quantitative estimate of drug-likeness (QED) is 0.0986. The number of benzene rings is 2. The summed E-state index contributed by atoms with van der Waals surface area (Å²) in [6.07, 6.45) is 16.0. The number of rotatable bonds is 24. The van der Waals surface area contributed by atoms with E-state index < -0.39 is 38.4 Å². The van der Waals surface area contributed by atoms with Crippen LogP contribution in [0.25, 0.3) is 0 Å². The summed E-state index contributed by atoms with van der Waals surface area (Å²) in [5, 5.41) is 0. The van der Waals surface area contributed by atoms with Gasteiger partial charge in [-0.1, -0.05) is 0 Å². The molecule has 0 aromatic heterocycles. The van der Waals surface area contributed by atoms with Crippen LogP contribution >= 0.6 is 0 Å². The van der Waals surface area contributed by atoms with Crippen LogP contribution in [0.5, 0.6) is 11.5 Å². The van der Waals surface area contributed by atoms with Crippen LogP contribution in [0.15, 0.2) is 24.3 Å². The molecule has 0 unspecified atom stereocenters. The summed E-state index contributed by atoms with van der Waals surface area (Å²) in [5.41, 5.74) is 8.65. The Hall–Kier alpha value is -0.403. The molecule has 45 heavy (non-hydrogen) atoms. The fourth-order valence-electron chi connectivity index (χ4n) is 7.03. The van der Waals surface area contributed by atoms with Gasteiger partial charge in [0.25, 0.3) is 0 Å². The molecule has 256 valence electrons. The zero-order valence-corrected chi connectivity index (χ0v) is 37.0. The summed E-state index contributed by atoms with van der Waals surface area (Å²) in [6, 6.07) is 9.21. The minimum atomic E-state index is -3.72. The normalized spacial score (nSPS) is 12.1. The van der Waals surface area contributed by atoms with Gasteiger partial charge < -0.3 is 0 Å². The van der Waals surface area contributed by atoms with E-state index in [1.165, 1.54) is 84.7 Å². The summed E-state index contributed by atoms with van der Waals surface area (Å²) in [7, 11) is 0. The minimum absolute atomic E-state index is 1.05. The molecule has 3 nitrogen and oxygen atoms in total. The Morgan fingerprint density at radius 3 is 1.04 bits per heavy atom. The molecule has 0 aliphatic rings. The van der Waals surface area contributed by atoms with Crippen molar-refractivity contribution in [3.63, 3.8) is 0 Å². The molecular formula is C40H70O3Sn2. The molecule has 0 spiro atoms. The van der Waals surface area contributed by atoms with E-state index in [2.05, 4.69) is 93.5 Å². The van der Waals surface area contributed by atoms with Gasteiger partial charge in [-0.15, -0.1) is 0 Å². The average molecular weight is 836 g/mol.